The summed E-state index contributed by atoms with van der Waals surface area (Å²) in [6, 6.07) is 0. The van der Waals surface area contributed by atoms with Crippen LogP contribution in [0.5, 0.6) is 0 Å². The standard InChI is InChI=1S/C12H12ClFO3/c1-3-5-17-12(15)8-6-9(13)11(16-4-2)10(14)7-8/h1,4,8,10H,2,5-7H2/t8-,10?/m0/s1. The highest BCUT2D eigenvalue weighted by molar-refractivity contribution is 6.30. The van der Waals surface area contributed by atoms with Crippen molar-refractivity contribution in [2.45, 2.75) is 19.0 Å². The molecule has 0 amide bonds. The summed E-state index contributed by atoms with van der Waals surface area (Å²) in [5, 5.41) is 0.173. The van der Waals surface area contributed by atoms with Gasteiger partial charge < -0.3 is 9.47 Å². The zero-order valence-corrected chi connectivity index (χ0v) is 9.87. The Labute approximate surface area is 104 Å². The Balaban J connectivity index is 2.69. The predicted octanol–water partition coefficient (Wildman–Crippen LogP) is 2.52. The van der Waals surface area contributed by atoms with Crippen molar-refractivity contribution in [1.82, 2.24) is 0 Å². The van der Waals surface area contributed by atoms with Crippen LogP contribution < -0.4 is 0 Å². The van der Waals surface area contributed by atoms with Crippen LogP contribution >= 0.6 is 11.6 Å². The van der Waals surface area contributed by atoms with Crippen molar-refractivity contribution >= 4 is 17.6 Å². The zero-order valence-electron chi connectivity index (χ0n) is 9.12. The van der Waals surface area contributed by atoms with Gasteiger partial charge in [0.05, 0.1) is 17.2 Å². The Morgan fingerprint density at radius 3 is 3.00 bits per heavy atom. The molecule has 1 aliphatic rings. The summed E-state index contributed by atoms with van der Waals surface area (Å²) in [7, 11) is 0. The second kappa shape index (κ2) is 6.31. The maximum Gasteiger partial charge on any atom is 0.310 e. The molecule has 0 heterocycles. The van der Waals surface area contributed by atoms with Crippen LogP contribution in [0.4, 0.5) is 4.39 Å². The van der Waals surface area contributed by atoms with E-state index >= 15 is 0 Å². The second-order valence-electron chi connectivity index (χ2n) is 3.47. The Hall–Kier alpha value is -1.47. The molecule has 1 aliphatic carbocycles. The third-order valence-corrected chi connectivity index (χ3v) is 2.65. The van der Waals surface area contributed by atoms with E-state index in [1.54, 1.807) is 0 Å². The van der Waals surface area contributed by atoms with Crippen LogP contribution in [0.1, 0.15) is 12.8 Å². The average molecular weight is 259 g/mol. The van der Waals surface area contributed by atoms with Crippen molar-refractivity contribution < 1.29 is 18.7 Å². The van der Waals surface area contributed by atoms with Gasteiger partial charge in [0, 0.05) is 0 Å². The van der Waals surface area contributed by atoms with Gasteiger partial charge in [-0.1, -0.05) is 24.1 Å². The monoisotopic (exact) mass is 258 g/mol. The lowest BCUT2D eigenvalue weighted by Crippen LogP contribution is -2.27. The molecule has 92 valence electrons. The SMILES string of the molecule is C#CCOC(=O)[C@H]1CC(Cl)=C(OC=C)C(F)C1. The number of esters is 1. The first-order valence-electron chi connectivity index (χ1n) is 5.00. The van der Waals surface area contributed by atoms with E-state index in [1.165, 1.54) is 0 Å². The molecule has 0 fully saturated rings. The molecule has 1 unspecified atom stereocenters. The minimum Gasteiger partial charge on any atom is -0.466 e. The quantitative estimate of drug-likeness (QED) is 0.442. The summed E-state index contributed by atoms with van der Waals surface area (Å²) < 4.78 is 23.3. The van der Waals surface area contributed by atoms with Gasteiger partial charge in [-0.05, 0) is 12.8 Å². The molecule has 1 rings (SSSR count). The molecule has 0 spiro atoms. The van der Waals surface area contributed by atoms with Crippen molar-refractivity contribution in [1.29, 1.82) is 0 Å². The minimum atomic E-state index is -1.43. The Bertz CT molecular complexity index is 384. The molecule has 0 saturated carbocycles. The lowest BCUT2D eigenvalue weighted by Gasteiger charge is -2.24. The van der Waals surface area contributed by atoms with Crippen LogP contribution in [0.2, 0.25) is 0 Å². The van der Waals surface area contributed by atoms with E-state index in [2.05, 4.69) is 12.5 Å². The second-order valence-corrected chi connectivity index (χ2v) is 3.93. The minimum absolute atomic E-state index is 0.0164. The van der Waals surface area contributed by atoms with E-state index in [-0.39, 0.29) is 30.2 Å². The fourth-order valence-corrected chi connectivity index (χ4v) is 1.91. The Kier molecular flexibility index (Phi) is 5.05. The molecule has 0 saturated heterocycles. The van der Waals surface area contributed by atoms with Gasteiger partial charge in [0.25, 0.3) is 0 Å². The van der Waals surface area contributed by atoms with Gasteiger partial charge in [-0.15, -0.1) is 6.42 Å². The molecule has 0 aromatic carbocycles. The molecule has 0 aromatic heterocycles. The van der Waals surface area contributed by atoms with Gasteiger partial charge in [0.2, 0.25) is 0 Å². The first-order chi connectivity index (χ1) is 8.10. The molecular formula is C12H12ClFO3. The number of terminal acetylenes is 1. The third-order valence-electron chi connectivity index (χ3n) is 2.31. The largest absolute Gasteiger partial charge is 0.466 e. The molecule has 0 N–H and O–H groups in total. The lowest BCUT2D eigenvalue weighted by molar-refractivity contribution is -0.148. The van der Waals surface area contributed by atoms with E-state index in [9.17, 15) is 9.18 Å². The number of hydrogen-bond donors (Lipinski definition) is 0. The summed E-state index contributed by atoms with van der Waals surface area (Å²) >= 11 is 5.85. The number of carbonyl (C=O) groups is 1. The Morgan fingerprint density at radius 1 is 1.76 bits per heavy atom. The molecule has 0 bridgehead atoms. The maximum atomic E-state index is 13.7. The smallest absolute Gasteiger partial charge is 0.310 e. The number of carbonyl (C=O) groups excluding carboxylic acids is 1. The predicted molar refractivity (Wildman–Crippen MR) is 61.6 cm³/mol. The van der Waals surface area contributed by atoms with Gasteiger partial charge >= 0.3 is 5.97 Å². The van der Waals surface area contributed by atoms with Crippen LogP contribution in [0.3, 0.4) is 0 Å². The van der Waals surface area contributed by atoms with E-state index in [4.69, 9.17) is 27.5 Å². The van der Waals surface area contributed by atoms with Crippen LogP contribution in [0, 0.1) is 18.3 Å². The third kappa shape index (κ3) is 3.50. The number of ether oxygens (including phenoxy) is 2. The average Bonchev–Trinajstić information content (AvgIpc) is 2.30. The van der Waals surface area contributed by atoms with Crippen LogP contribution in [0.25, 0.3) is 0 Å². The molecule has 17 heavy (non-hydrogen) atoms. The maximum absolute atomic E-state index is 13.7. The van der Waals surface area contributed by atoms with E-state index < -0.39 is 18.1 Å². The van der Waals surface area contributed by atoms with Crippen molar-refractivity contribution in [3.05, 3.63) is 23.6 Å². The van der Waals surface area contributed by atoms with E-state index in [0.717, 1.165) is 6.26 Å². The van der Waals surface area contributed by atoms with Gasteiger partial charge in [0.15, 0.2) is 18.5 Å². The highest BCUT2D eigenvalue weighted by atomic mass is 35.5. The van der Waals surface area contributed by atoms with Crippen LogP contribution in [-0.4, -0.2) is 18.7 Å². The van der Waals surface area contributed by atoms with Gasteiger partial charge in [0.1, 0.15) is 0 Å². The first-order valence-corrected chi connectivity index (χ1v) is 5.38. The summed E-state index contributed by atoms with van der Waals surface area (Å²) in [5.41, 5.74) is 0. The summed E-state index contributed by atoms with van der Waals surface area (Å²) in [6.07, 6.45) is 4.78. The summed E-state index contributed by atoms with van der Waals surface area (Å²) in [6.45, 7) is 3.20. The topological polar surface area (TPSA) is 35.5 Å². The van der Waals surface area contributed by atoms with Crippen molar-refractivity contribution in [2.24, 2.45) is 5.92 Å². The lowest BCUT2D eigenvalue weighted by atomic mass is 9.92. The number of halogens is 2. The fourth-order valence-electron chi connectivity index (χ4n) is 1.56. The Morgan fingerprint density at radius 2 is 2.47 bits per heavy atom. The van der Waals surface area contributed by atoms with Gasteiger partial charge in [-0.25, -0.2) is 4.39 Å². The number of alkyl halides is 1. The van der Waals surface area contributed by atoms with Crippen molar-refractivity contribution in [3.8, 4) is 12.3 Å². The molecule has 3 nitrogen and oxygen atoms in total. The number of rotatable bonds is 4. The van der Waals surface area contributed by atoms with Crippen molar-refractivity contribution in [2.75, 3.05) is 6.61 Å². The fraction of sp³-hybridized carbons (Fsp3) is 0.417. The summed E-state index contributed by atoms with van der Waals surface area (Å²) in [5.74, 6) is 1.02. The van der Waals surface area contributed by atoms with Gasteiger partial charge in [-0.3, -0.25) is 4.79 Å². The molecule has 2 atom stereocenters. The first kappa shape index (κ1) is 13.6. The summed E-state index contributed by atoms with van der Waals surface area (Å²) in [4.78, 5) is 11.5. The zero-order chi connectivity index (χ0) is 12.8. The molecule has 5 heteroatoms. The highest BCUT2D eigenvalue weighted by Gasteiger charge is 2.34. The normalized spacial score (nSPS) is 23.8. The van der Waals surface area contributed by atoms with Gasteiger partial charge in [-0.2, -0.15) is 0 Å². The highest BCUT2D eigenvalue weighted by Crippen LogP contribution is 2.35. The number of allylic oxidation sites excluding steroid dienone is 2. The van der Waals surface area contributed by atoms with Crippen LogP contribution in [0.15, 0.2) is 23.6 Å². The van der Waals surface area contributed by atoms with E-state index in [0.29, 0.717) is 0 Å². The van der Waals surface area contributed by atoms with Crippen molar-refractivity contribution in [3.63, 3.8) is 0 Å². The molecule has 0 aliphatic heterocycles. The molecule has 0 radical (unpaired) electrons. The number of hydrogen-bond acceptors (Lipinski definition) is 3. The molecule has 0 aromatic rings. The molecular weight excluding hydrogens is 247 g/mol. The van der Waals surface area contributed by atoms with E-state index in [1.807, 2.05) is 0 Å². The van der Waals surface area contributed by atoms with Crippen LogP contribution in [-0.2, 0) is 14.3 Å².